The topological polar surface area (TPSA) is 30.5 Å². The third-order valence-corrected chi connectivity index (χ3v) is 4.61. The van der Waals surface area contributed by atoms with E-state index >= 15 is 0 Å². The normalized spacial score (nSPS) is 12.0. The van der Waals surface area contributed by atoms with E-state index in [1.807, 2.05) is 68.4 Å². The summed E-state index contributed by atoms with van der Waals surface area (Å²) in [6, 6.07) is 26.2. The molecular weight excluding hydrogens is 353 g/mol. The van der Waals surface area contributed by atoms with Gasteiger partial charge in [-0.15, -0.1) is 9.24 Å². The molecule has 0 saturated carbocycles. The first-order valence-corrected chi connectivity index (χ1v) is 9.84. The molecule has 1 N–H and O–H groups in total. The Bertz CT molecular complexity index is 852. The maximum Gasteiger partial charge on any atom is 0.127 e. The molecule has 3 rings (SSSR count). The van der Waals surface area contributed by atoms with E-state index in [4.69, 9.17) is 9.47 Å². The first-order chi connectivity index (χ1) is 13.1. The number of hydrogen-bond acceptors (Lipinski definition) is 3. The van der Waals surface area contributed by atoms with Crippen LogP contribution in [-0.2, 0) is 6.54 Å². The fraction of sp³-hybridized carbons (Fsp3) is 0.217. The summed E-state index contributed by atoms with van der Waals surface area (Å²) < 4.78 is 11.7. The van der Waals surface area contributed by atoms with Crippen molar-refractivity contribution in [1.29, 1.82) is 0 Å². The Morgan fingerprint density at radius 1 is 0.815 bits per heavy atom. The smallest absolute Gasteiger partial charge is 0.127 e. The molecule has 0 amide bonds. The van der Waals surface area contributed by atoms with Gasteiger partial charge in [-0.1, -0.05) is 42.5 Å². The molecule has 0 aromatic heterocycles. The molecule has 140 valence electrons. The summed E-state index contributed by atoms with van der Waals surface area (Å²) in [6.45, 7) is 4.83. The summed E-state index contributed by atoms with van der Waals surface area (Å²) in [5.74, 6) is 2.70. The Kier molecular flexibility index (Phi) is 6.86. The van der Waals surface area contributed by atoms with Crippen LogP contribution in [0.25, 0.3) is 0 Å². The Balaban J connectivity index is 1.61. The van der Waals surface area contributed by atoms with Crippen LogP contribution in [0.1, 0.15) is 30.8 Å². The van der Waals surface area contributed by atoms with Gasteiger partial charge in [-0.2, -0.15) is 0 Å². The molecule has 3 nitrogen and oxygen atoms in total. The van der Waals surface area contributed by atoms with Crippen LogP contribution in [0.2, 0.25) is 0 Å². The van der Waals surface area contributed by atoms with Crippen LogP contribution >= 0.6 is 9.24 Å². The number of rotatable bonds is 8. The van der Waals surface area contributed by atoms with Crippen molar-refractivity contribution in [2.45, 2.75) is 32.3 Å². The van der Waals surface area contributed by atoms with E-state index in [1.165, 1.54) is 5.56 Å². The van der Waals surface area contributed by atoms with Crippen molar-refractivity contribution in [3.05, 3.63) is 90.0 Å². The second-order valence-corrected chi connectivity index (χ2v) is 7.33. The van der Waals surface area contributed by atoms with Gasteiger partial charge in [0.05, 0.1) is 6.10 Å². The number of nitrogens with one attached hydrogen (secondary N) is 1. The SMILES string of the molecule is CC(C)Oc1cccc(CNC(P)c2cccc(Oc3ccccc3)c2)c1. The van der Waals surface area contributed by atoms with Gasteiger partial charge in [0.25, 0.3) is 0 Å². The van der Waals surface area contributed by atoms with Crippen molar-refractivity contribution in [2.24, 2.45) is 0 Å². The van der Waals surface area contributed by atoms with Gasteiger partial charge in [0.15, 0.2) is 0 Å². The number of hydrogen-bond donors (Lipinski definition) is 1. The molecule has 0 aliphatic carbocycles. The lowest BCUT2D eigenvalue weighted by atomic mass is 10.2. The highest BCUT2D eigenvalue weighted by atomic mass is 31.0. The lowest BCUT2D eigenvalue weighted by Crippen LogP contribution is -2.16. The molecule has 0 bridgehead atoms. The van der Waals surface area contributed by atoms with Gasteiger partial charge < -0.3 is 14.8 Å². The van der Waals surface area contributed by atoms with Gasteiger partial charge in [0, 0.05) is 12.3 Å². The fourth-order valence-corrected chi connectivity index (χ4v) is 3.07. The summed E-state index contributed by atoms with van der Waals surface area (Å²) in [5, 5.41) is 3.54. The second-order valence-electron chi connectivity index (χ2n) is 6.66. The van der Waals surface area contributed by atoms with Gasteiger partial charge in [0.1, 0.15) is 17.2 Å². The Morgan fingerprint density at radius 3 is 2.30 bits per heavy atom. The molecule has 4 heteroatoms. The zero-order valence-electron chi connectivity index (χ0n) is 15.8. The van der Waals surface area contributed by atoms with Crippen molar-refractivity contribution >= 4 is 9.24 Å². The second kappa shape index (κ2) is 9.55. The first-order valence-electron chi connectivity index (χ1n) is 9.17. The van der Waals surface area contributed by atoms with E-state index in [0.29, 0.717) is 0 Å². The van der Waals surface area contributed by atoms with E-state index < -0.39 is 0 Å². The van der Waals surface area contributed by atoms with E-state index in [0.717, 1.165) is 29.4 Å². The Morgan fingerprint density at radius 2 is 1.52 bits per heavy atom. The lowest BCUT2D eigenvalue weighted by Gasteiger charge is -2.16. The predicted molar refractivity (Wildman–Crippen MR) is 114 cm³/mol. The molecule has 0 aliphatic rings. The highest BCUT2D eigenvalue weighted by Gasteiger charge is 2.08. The summed E-state index contributed by atoms with van der Waals surface area (Å²) in [5.41, 5.74) is 2.35. The number of para-hydroxylation sites is 1. The monoisotopic (exact) mass is 379 g/mol. The zero-order valence-corrected chi connectivity index (χ0v) is 16.9. The van der Waals surface area contributed by atoms with E-state index in [9.17, 15) is 0 Å². The molecule has 2 atom stereocenters. The third kappa shape index (κ3) is 6.09. The Hall–Kier alpha value is -2.35. The predicted octanol–water partition coefficient (Wildman–Crippen LogP) is 5.93. The van der Waals surface area contributed by atoms with Crippen molar-refractivity contribution in [1.82, 2.24) is 5.32 Å². The van der Waals surface area contributed by atoms with Crippen molar-refractivity contribution in [3.8, 4) is 17.2 Å². The summed E-state index contributed by atoms with van der Waals surface area (Å²) in [6.07, 6.45) is 0.176. The third-order valence-electron chi connectivity index (χ3n) is 3.99. The van der Waals surface area contributed by atoms with E-state index in [1.54, 1.807) is 0 Å². The fourth-order valence-electron chi connectivity index (χ4n) is 2.74. The number of benzene rings is 3. The summed E-state index contributed by atoms with van der Waals surface area (Å²) in [7, 11) is 2.86. The molecule has 0 radical (unpaired) electrons. The molecule has 0 aliphatic heterocycles. The molecule has 3 aromatic rings. The maximum absolute atomic E-state index is 5.93. The van der Waals surface area contributed by atoms with Crippen LogP contribution in [0.5, 0.6) is 17.2 Å². The van der Waals surface area contributed by atoms with Gasteiger partial charge in [-0.3, -0.25) is 0 Å². The highest BCUT2D eigenvalue weighted by Crippen LogP contribution is 2.27. The van der Waals surface area contributed by atoms with Gasteiger partial charge in [-0.25, -0.2) is 0 Å². The Labute approximate surface area is 163 Å². The van der Waals surface area contributed by atoms with Crippen LogP contribution in [-0.4, -0.2) is 6.10 Å². The van der Waals surface area contributed by atoms with Crippen LogP contribution in [0, 0.1) is 0 Å². The average molecular weight is 379 g/mol. The lowest BCUT2D eigenvalue weighted by molar-refractivity contribution is 0.242. The molecule has 0 heterocycles. The molecule has 0 spiro atoms. The number of ether oxygens (including phenoxy) is 2. The van der Waals surface area contributed by atoms with Gasteiger partial charge in [0.2, 0.25) is 0 Å². The molecule has 3 aromatic carbocycles. The average Bonchev–Trinajstić information content (AvgIpc) is 2.67. The zero-order chi connectivity index (χ0) is 19.1. The van der Waals surface area contributed by atoms with E-state index in [2.05, 4.69) is 38.8 Å². The standard InChI is InChI=1S/C23H26NO2P/c1-17(2)25-21-12-6-8-18(14-21)16-24-23(27)19-9-7-13-22(15-19)26-20-10-4-3-5-11-20/h3-15,17,23-24H,16,27H2,1-2H3. The minimum Gasteiger partial charge on any atom is -0.491 e. The van der Waals surface area contributed by atoms with Crippen LogP contribution < -0.4 is 14.8 Å². The quantitative estimate of drug-likeness (QED) is 0.492. The minimum atomic E-state index is 0.124. The van der Waals surface area contributed by atoms with Gasteiger partial charge >= 0.3 is 0 Å². The van der Waals surface area contributed by atoms with Crippen LogP contribution in [0.4, 0.5) is 0 Å². The van der Waals surface area contributed by atoms with Crippen molar-refractivity contribution in [2.75, 3.05) is 0 Å². The van der Waals surface area contributed by atoms with Crippen LogP contribution in [0.3, 0.4) is 0 Å². The summed E-state index contributed by atoms with van der Waals surface area (Å²) >= 11 is 0. The first kappa shape index (κ1) is 19.4. The molecule has 0 fully saturated rings. The molecule has 0 saturated heterocycles. The van der Waals surface area contributed by atoms with Crippen molar-refractivity contribution < 1.29 is 9.47 Å². The van der Waals surface area contributed by atoms with Crippen LogP contribution in [0.15, 0.2) is 78.9 Å². The van der Waals surface area contributed by atoms with E-state index in [-0.39, 0.29) is 11.9 Å². The molecular formula is C23H26NO2P. The molecule has 27 heavy (non-hydrogen) atoms. The summed E-state index contributed by atoms with van der Waals surface area (Å²) in [4.78, 5) is 0. The molecule has 2 unspecified atom stereocenters. The largest absolute Gasteiger partial charge is 0.491 e. The maximum atomic E-state index is 5.93. The highest BCUT2D eigenvalue weighted by molar-refractivity contribution is 7.17. The minimum absolute atomic E-state index is 0.124. The van der Waals surface area contributed by atoms with Crippen molar-refractivity contribution in [3.63, 3.8) is 0 Å². The van der Waals surface area contributed by atoms with Gasteiger partial charge in [-0.05, 0) is 61.4 Å².